The predicted molar refractivity (Wildman–Crippen MR) is 68.2 cm³/mol. The molecule has 2 heteroatoms. The van der Waals surface area contributed by atoms with Gasteiger partial charge in [-0.2, -0.15) is 0 Å². The zero-order valence-electron chi connectivity index (χ0n) is 11.9. The maximum absolute atomic E-state index is 12.2. The van der Waals surface area contributed by atoms with Gasteiger partial charge in [0.15, 0.2) is 0 Å². The summed E-state index contributed by atoms with van der Waals surface area (Å²) in [4.78, 5) is 14.2. The van der Waals surface area contributed by atoms with Gasteiger partial charge in [0.1, 0.15) is 0 Å². The minimum atomic E-state index is -0.0335. The number of carbonyl (C=O) groups is 1. The first-order valence-electron chi connectivity index (χ1n) is 6.34. The number of carbonyl (C=O) groups excluding carboxylic acids is 1. The Hall–Kier alpha value is -0.530. The van der Waals surface area contributed by atoms with Crippen LogP contribution < -0.4 is 0 Å². The average Bonchev–Trinajstić information content (AvgIpc) is 2.04. The van der Waals surface area contributed by atoms with E-state index in [0.717, 1.165) is 6.54 Å². The largest absolute Gasteiger partial charge is 0.338 e. The highest BCUT2D eigenvalue weighted by atomic mass is 16.2. The minimum absolute atomic E-state index is 0.0335. The lowest BCUT2D eigenvalue weighted by molar-refractivity contribution is -0.145. The highest BCUT2D eigenvalue weighted by Gasteiger charge is 2.41. The molecule has 0 radical (unpaired) electrons. The molecule has 94 valence electrons. The Morgan fingerprint density at radius 3 is 2.00 bits per heavy atom. The fourth-order valence-corrected chi connectivity index (χ4v) is 2.82. The Labute approximate surface area is 100 Å². The topological polar surface area (TPSA) is 20.3 Å². The molecule has 0 bridgehead atoms. The molecule has 2 nitrogen and oxygen atoms in total. The number of rotatable bonds is 0. The van der Waals surface area contributed by atoms with E-state index >= 15 is 0 Å². The van der Waals surface area contributed by atoms with E-state index in [4.69, 9.17) is 0 Å². The van der Waals surface area contributed by atoms with Crippen molar-refractivity contribution in [1.82, 2.24) is 4.90 Å². The van der Waals surface area contributed by atoms with Gasteiger partial charge in [-0.1, -0.05) is 27.7 Å². The van der Waals surface area contributed by atoms with Crippen molar-refractivity contribution >= 4 is 5.91 Å². The lowest BCUT2D eigenvalue weighted by atomic mass is 9.69. The smallest absolute Gasteiger partial charge is 0.223 e. The van der Waals surface area contributed by atoms with E-state index < -0.39 is 0 Å². The number of hydrogen-bond acceptors (Lipinski definition) is 1. The van der Waals surface area contributed by atoms with Gasteiger partial charge < -0.3 is 4.90 Å². The lowest BCUT2D eigenvalue weighted by Crippen LogP contribution is -2.54. The number of nitrogens with zero attached hydrogens (tertiary/aromatic N) is 1. The highest BCUT2D eigenvalue weighted by molar-refractivity contribution is 5.78. The molecule has 1 saturated heterocycles. The molecule has 0 aromatic rings. The van der Waals surface area contributed by atoms with E-state index in [1.165, 1.54) is 0 Å². The maximum Gasteiger partial charge on any atom is 0.223 e. The molecular formula is C14H27NO. The molecule has 0 N–H and O–H groups in total. The average molecular weight is 225 g/mol. The van der Waals surface area contributed by atoms with Crippen LogP contribution in [-0.4, -0.2) is 22.9 Å². The van der Waals surface area contributed by atoms with Gasteiger partial charge in [0, 0.05) is 18.5 Å². The van der Waals surface area contributed by atoms with Gasteiger partial charge >= 0.3 is 0 Å². The van der Waals surface area contributed by atoms with Crippen LogP contribution in [0.15, 0.2) is 0 Å². The van der Waals surface area contributed by atoms with E-state index in [2.05, 4.69) is 48.5 Å². The second kappa shape index (κ2) is 4.05. The Bertz CT molecular complexity index is 269. The maximum atomic E-state index is 12.2. The van der Waals surface area contributed by atoms with E-state index in [9.17, 15) is 4.79 Å². The van der Waals surface area contributed by atoms with Crippen molar-refractivity contribution in [2.24, 2.45) is 17.3 Å². The van der Waals surface area contributed by atoms with Crippen LogP contribution >= 0.6 is 0 Å². The van der Waals surface area contributed by atoms with Gasteiger partial charge in [0.05, 0.1) is 0 Å². The van der Waals surface area contributed by atoms with Crippen LogP contribution in [0.2, 0.25) is 0 Å². The van der Waals surface area contributed by atoms with Crippen molar-refractivity contribution in [1.29, 1.82) is 0 Å². The zero-order valence-corrected chi connectivity index (χ0v) is 11.9. The highest BCUT2D eigenvalue weighted by Crippen LogP contribution is 2.39. The van der Waals surface area contributed by atoms with Gasteiger partial charge in [-0.15, -0.1) is 0 Å². The van der Waals surface area contributed by atoms with Crippen molar-refractivity contribution in [3.05, 3.63) is 0 Å². The van der Waals surface area contributed by atoms with Gasteiger partial charge in [-0.3, -0.25) is 4.79 Å². The molecule has 1 aliphatic heterocycles. The molecule has 1 aliphatic rings. The minimum Gasteiger partial charge on any atom is -0.338 e. The van der Waals surface area contributed by atoms with Gasteiger partial charge in [0.25, 0.3) is 0 Å². The summed E-state index contributed by atoms with van der Waals surface area (Å²) in [5.41, 5.74) is 0.202. The SMILES string of the molecule is CC1CN(C(C)(C)C)C(=O)CC1C(C)(C)C. The quantitative estimate of drug-likeness (QED) is 0.619. The summed E-state index contributed by atoms with van der Waals surface area (Å²) in [5.74, 6) is 1.43. The Morgan fingerprint density at radius 2 is 1.62 bits per heavy atom. The second-order valence-corrected chi connectivity index (χ2v) is 7.33. The molecule has 1 amide bonds. The van der Waals surface area contributed by atoms with Crippen molar-refractivity contribution < 1.29 is 4.79 Å². The van der Waals surface area contributed by atoms with E-state index in [1.54, 1.807) is 0 Å². The standard InChI is InChI=1S/C14H27NO/c1-10-9-15(14(5,6)7)12(16)8-11(10)13(2,3)4/h10-11H,8-9H2,1-7H3. The van der Waals surface area contributed by atoms with Crippen LogP contribution in [0, 0.1) is 17.3 Å². The fraction of sp³-hybridized carbons (Fsp3) is 0.929. The fourth-order valence-electron chi connectivity index (χ4n) is 2.82. The van der Waals surface area contributed by atoms with E-state index in [1.807, 2.05) is 4.90 Å². The summed E-state index contributed by atoms with van der Waals surface area (Å²) >= 11 is 0. The van der Waals surface area contributed by atoms with E-state index in [-0.39, 0.29) is 11.0 Å². The van der Waals surface area contributed by atoms with Gasteiger partial charge in [-0.25, -0.2) is 0 Å². The zero-order chi connectivity index (χ0) is 12.7. The number of piperidine rings is 1. The van der Waals surface area contributed by atoms with Crippen LogP contribution in [0.3, 0.4) is 0 Å². The number of amides is 1. The van der Waals surface area contributed by atoms with Crippen LogP contribution in [-0.2, 0) is 4.79 Å². The van der Waals surface area contributed by atoms with Crippen LogP contribution in [0.25, 0.3) is 0 Å². The summed E-state index contributed by atoms with van der Waals surface area (Å²) < 4.78 is 0. The molecule has 2 atom stereocenters. The molecule has 0 saturated carbocycles. The van der Waals surface area contributed by atoms with Gasteiger partial charge in [0.2, 0.25) is 5.91 Å². The molecule has 0 aliphatic carbocycles. The van der Waals surface area contributed by atoms with Crippen LogP contribution in [0.4, 0.5) is 0 Å². The van der Waals surface area contributed by atoms with Crippen LogP contribution in [0.5, 0.6) is 0 Å². The summed E-state index contributed by atoms with van der Waals surface area (Å²) in [6, 6.07) is 0. The van der Waals surface area contributed by atoms with Crippen LogP contribution in [0.1, 0.15) is 54.9 Å². The molecular weight excluding hydrogens is 198 g/mol. The van der Waals surface area contributed by atoms with E-state index in [0.29, 0.717) is 24.2 Å². The lowest BCUT2D eigenvalue weighted by Gasteiger charge is -2.47. The number of likely N-dealkylation sites (tertiary alicyclic amines) is 1. The number of hydrogen-bond donors (Lipinski definition) is 0. The summed E-state index contributed by atoms with van der Waals surface area (Å²) in [6.07, 6.45) is 0.710. The summed E-state index contributed by atoms with van der Waals surface area (Å²) in [6.45, 7) is 16.3. The third-order valence-corrected chi connectivity index (χ3v) is 3.78. The molecule has 16 heavy (non-hydrogen) atoms. The van der Waals surface area contributed by atoms with Crippen molar-refractivity contribution in [3.63, 3.8) is 0 Å². The third kappa shape index (κ3) is 2.78. The first-order valence-corrected chi connectivity index (χ1v) is 6.34. The van der Waals surface area contributed by atoms with Crippen molar-refractivity contribution in [2.45, 2.75) is 60.4 Å². The molecule has 1 heterocycles. The third-order valence-electron chi connectivity index (χ3n) is 3.78. The summed E-state index contributed by atoms with van der Waals surface area (Å²) in [7, 11) is 0. The Morgan fingerprint density at radius 1 is 1.12 bits per heavy atom. The second-order valence-electron chi connectivity index (χ2n) is 7.33. The molecule has 0 spiro atoms. The first kappa shape index (κ1) is 13.5. The molecule has 2 unspecified atom stereocenters. The Balaban J connectivity index is 2.83. The first-order chi connectivity index (χ1) is 7.03. The predicted octanol–water partition coefficient (Wildman–Crippen LogP) is 3.32. The van der Waals surface area contributed by atoms with Gasteiger partial charge in [-0.05, 0) is 38.0 Å². The molecule has 1 rings (SSSR count). The molecule has 0 aromatic carbocycles. The van der Waals surface area contributed by atoms with Crippen molar-refractivity contribution in [2.75, 3.05) is 6.54 Å². The molecule has 1 fully saturated rings. The van der Waals surface area contributed by atoms with Crippen molar-refractivity contribution in [3.8, 4) is 0 Å². The normalized spacial score (nSPS) is 28.4. The summed E-state index contributed by atoms with van der Waals surface area (Å²) in [5, 5.41) is 0. The Kier molecular flexibility index (Phi) is 3.42. The molecule has 0 aromatic heterocycles. The monoisotopic (exact) mass is 225 g/mol.